The second-order valence-corrected chi connectivity index (χ2v) is 4.15. The summed E-state index contributed by atoms with van der Waals surface area (Å²) in [4.78, 5) is 8.91. The average Bonchev–Trinajstić information content (AvgIpc) is 2.59. The molecule has 1 aromatic rings. The molecule has 92 valence electrons. The lowest BCUT2D eigenvalue weighted by atomic mass is 10.2. The summed E-state index contributed by atoms with van der Waals surface area (Å²) in [5.41, 5.74) is 3.75. The predicted molar refractivity (Wildman–Crippen MR) is 75.0 cm³/mol. The molecule has 0 aliphatic carbocycles. The Morgan fingerprint density at radius 1 is 1.26 bits per heavy atom. The molecule has 3 rings (SSSR count). The van der Waals surface area contributed by atoms with Crippen LogP contribution in [0.1, 0.15) is 0 Å². The van der Waals surface area contributed by atoms with Crippen LogP contribution < -0.4 is 10.6 Å². The van der Waals surface area contributed by atoms with Crippen LogP contribution >= 0.6 is 0 Å². The highest BCUT2D eigenvalue weighted by atomic mass is 16.5. The summed E-state index contributed by atoms with van der Waals surface area (Å²) < 4.78 is 5.73. The number of para-hydroxylation sites is 1. The first-order chi connectivity index (χ1) is 9.33. The van der Waals surface area contributed by atoms with E-state index in [0.29, 0.717) is 18.1 Å². The summed E-state index contributed by atoms with van der Waals surface area (Å²) in [6.07, 6.45) is 7.06. The highest BCUT2D eigenvalue weighted by Crippen LogP contribution is 2.16. The van der Waals surface area contributed by atoms with Gasteiger partial charge in [0.05, 0.1) is 11.9 Å². The van der Waals surface area contributed by atoms with Gasteiger partial charge in [0, 0.05) is 17.5 Å². The summed E-state index contributed by atoms with van der Waals surface area (Å²) in [5.74, 6) is 1.20. The van der Waals surface area contributed by atoms with Crippen LogP contribution in [0.25, 0.3) is 6.08 Å². The number of rotatable bonds is 0. The maximum atomic E-state index is 5.73. The van der Waals surface area contributed by atoms with E-state index < -0.39 is 0 Å². The fourth-order valence-corrected chi connectivity index (χ4v) is 1.91. The molecule has 0 saturated heterocycles. The van der Waals surface area contributed by atoms with Crippen LogP contribution in [0.2, 0.25) is 0 Å². The molecule has 0 saturated carbocycles. The van der Waals surface area contributed by atoms with Gasteiger partial charge < -0.3 is 4.74 Å². The van der Waals surface area contributed by atoms with Crippen LogP contribution in [-0.4, -0.2) is 12.8 Å². The number of benzene rings is 1. The van der Waals surface area contributed by atoms with Crippen molar-refractivity contribution in [3.8, 4) is 0 Å². The third-order valence-corrected chi connectivity index (χ3v) is 2.79. The van der Waals surface area contributed by atoms with Gasteiger partial charge in [0.2, 0.25) is 0 Å². The van der Waals surface area contributed by atoms with Gasteiger partial charge in [0.25, 0.3) is 0 Å². The monoisotopic (exact) mass is 248 g/mol. The molecular weight excluding hydrogens is 236 g/mol. The highest BCUT2D eigenvalue weighted by molar-refractivity contribution is 5.73. The van der Waals surface area contributed by atoms with Crippen molar-refractivity contribution >= 4 is 12.3 Å². The predicted octanol–water partition coefficient (Wildman–Crippen LogP) is 1.64. The standard InChI is InChI=1S/C16H12N2O/c1-12-10-13-6-2-3-7-14(13)18-11-15-16(19-12)8-4-5-9-17-15/h2-3,5-10H,1,11H2/b13-10-,18-14?. The zero-order valence-corrected chi connectivity index (χ0v) is 10.3. The molecule has 0 atom stereocenters. The number of allylic oxidation sites excluding steroid dienone is 2. The van der Waals surface area contributed by atoms with Crippen molar-refractivity contribution in [1.82, 2.24) is 0 Å². The average molecular weight is 248 g/mol. The summed E-state index contributed by atoms with van der Waals surface area (Å²) in [6, 6.07) is 7.89. The van der Waals surface area contributed by atoms with E-state index in [0.717, 1.165) is 16.3 Å². The lowest BCUT2D eigenvalue weighted by molar-refractivity contribution is 0.339. The van der Waals surface area contributed by atoms with Crippen LogP contribution in [0.3, 0.4) is 0 Å². The fraction of sp³-hybridized carbons (Fsp3) is 0.0625. The lowest BCUT2D eigenvalue weighted by Crippen LogP contribution is -2.24. The van der Waals surface area contributed by atoms with Crippen LogP contribution in [-0.2, 0) is 4.74 Å². The first-order valence-electron chi connectivity index (χ1n) is 5.99. The Hall–Kier alpha value is -2.64. The molecule has 3 heteroatoms. The third kappa shape index (κ3) is 2.46. The van der Waals surface area contributed by atoms with Crippen molar-refractivity contribution < 1.29 is 4.74 Å². The van der Waals surface area contributed by atoms with Crippen molar-refractivity contribution in [1.29, 1.82) is 0 Å². The number of hydrogen-bond acceptors (Lipinski definition) is 3. The molecule has 3 nitrogen and oxygen atoms in total. The smallest absolute Gasteiger partial charge is 0.158 e. The van der Waals surface area contributed by atoms with Gasteiger partial charge in [-0.25, -0.2) is 0 Å². The van der Waals surface area contributed by atoms with E-state index in [4.69, 9.17) is 4.74 Å². The minimum atomic E-state index is 0.468. The Kier molecular flexibility index (Phi) is 2.97. The Morgan fingerprint density at radius 2 is 2.16 bits per heavy atom. The van der Waals surface area contributed by atoms with Crippen molar-refractivity contribution in [2.45, 2.75) is 0 Å². The zero-order valence-electron chi connectivity index (χ0n) is 10.3. The van der Waals surface area contributed by atoms with Crippen LogP contribution in [0, 0.1) is 0 Å². The summed E-state index contributed by atoms with van der Waals surface area (Å²) >= 11 is 0. The van der Waals surface area contributed by atoms with Gasteiger partial charge in [-0.3, -0.25) is 9.98 Å². The van der Waals surface area contributed by atoms with Gasteiger partial charge in [-0.1, -0.05) is 24.8 Å². The van der Waals surface area contributed by atoms with Crippen LogP contribution in [0.4, 0.5) is 0 Å². The lowest BCUT2D eigenvalue weighted by Gasteiger charge is -2.07. The largest absolute Gasteiger partial charge is 0.455 e. The molecule has 2 aliphatic heterocycles. The van der Waals surface area contributed by atoms with E-state index in [1.807, 2.05) is 30.3 Å². The Morgan fingerprint density at radius 3 is 3.11 bits per heavy atom. The second-order valence-electron chi connectivity index (χ2n) is 4.15. The molecule has 0 N–H and O–H groups in total. The summed E-state index contributed by atoms with van der Waals surface area (Å²) in [6.45, 7) is 4.38. The molecule has 0 radical (unpaired) electrons. The normalized spacial score (nSPS) is 18.7. The van der Waals surface area contributed by atoms with Crippen molar-refractivity contribution in [2.75, 3.05) is 6.54 Å². The Labute approximate surface area is 111 Å². The molecule has 2 heterocycles. The van der Waals surface area contributed by atoms with Gasteiger partial charge in [0.1, 0.15) is 11.5 Å². The molecular formula is C16H12N2O. The van der Waals surface area contributed by atoms with Gasteiger partial charge in [-0.2, -0.15) is 0 Å². The molecule has 0 spiro atoms. The summed E-state index contributed by atoms with van der Waals surface area (Å²) in [5, 5.41) is 1.91. The van der Waals surface area contributed by atoms with Gasteiger partial charge in [-0.05, 0) is 18.2 Å². The van der Waals surface area contributed by atoms with Crippen LogP contribution in [0.5, 0.6) is 0 Å². The quantitative estimate of drug-likeness (QED) is 0.643. The molecule has 0 fully saturated rings. The molecule has 0 amide bonds. The maximum absolute atomic E-state index is 5.73. The molecule has 1 aromatic carbocycles. The number of hydrogen-bond donors (Lipinski definition) is 0. The molecule has 0 aromatic heterocycles. The van der Waals surface area contributed by atoms with E-state index >= 15 is 0 Å². The number of aliphatic imine (C=N–C) groups is 1. The van der Waals surface area contributed by atoms with E-state index in [-0.39, 0.29) is 0 Å². The SMILES string of the molecule is C=C1/C=c2/ccccc2=NCC2=C(C=C=CC=N2)O1. The van der Waals surface area contributed by atoms with Crippen LogP contribution in [0.15, 0.2) is 75.9 Å². The summed E-state index contributed by atoms with van der Waals surface area (Å²) in [7, 11) is 0. The van der Waals surface area contributed by atoms with Crippen molar-refractivity contribution in [3.05, 3.63) is 76.5 Å². The minimum absolute atomic E-state index is 0.468. The number of nitrogens with zero attached hydrogens (tertiary/aromatic N) is 2. The van der Waals surface area contributed by atoms with E-state index in [1.165, 1.54) is 0 Å². The molecule has 0 unspecified atom stereocenters. The Balaban J connectivity index is 2.18. The van der Waals surface area contributed by atoms with Gasteiger partial charge in [-0.15, -0.1) is 5.73 Å². The topological polar surface area (TPSA) is 34.0 Å². The molecule has 2 aliphatic rings. The van der Waals surface area contributed by atoms with Gasteiger partial charge >= 0.3 is 0 Å². The van der Waals surface area contributed by atoms with E-state index in [2.05, 4.69) is 22.3 Å². The number of ether oxygens (including phenoxy) is 1. The third-order valence-electron chi connectivity index (χ3n) is 2.79. The van der Waals surface area contributed by atoms with Gasteiger partial charge in [0.15, 0.2) is 5.76 Å². The first-order valence-corrected chi connectivity index (χ1v) is 5.99. The zero-order chi connectivity index (χ0) is 13.1. The van der Waals surface area contributed by atoms with Crippen molar-refractivity contribution in [3.63, 3.8) is 0 Å². The minimum Gasteiger partial charge on any atom is -0.455 e. The fourth-order valence-electron chi connectivity index (χ4n) is 1.91. The first kappa shape index (κ1) is 11.5. The highest BCUT2D eigenvalue weighted by Gasteiger charge is 2.08. The Bertz CT molecular complexity index is 775. The van der Waals surface area contributed by atoms with E-state index in [1.54, 1.807) is 18.4 Å². The van der Waals surface area contributed by atoms with E-state index in [9.17, 15) is 0 Å². The second kappa shape index (κ2) is 4.92. The molecule has 19 heavy (non-hydrogen) atoms. The maximum Gasteiger partial charge on any atom is 0.158 e. The van der Waals surface area contributed by atoms with Crippen molar-refractivity contribution in [2.24, 2.45) is 9.98 Å². The molecule has 0 bridgehead atoms. The number of fused-ring (bicyclic) bond motifs is 1.